The Bertz CT molecular complexity index is 548. The van der Waals surface area contributed by atoms with Crippen LogP contribution >= 0.6 is 15.9 Å². The number of phenols is 1. The molecule has 2 N–H and O–H groups in total. The molecule has 0 radical (unpaired) electrons. The summed E-state index contributed by atoms with van der Waals surface area (Å²) in [5, 5.41) is 12.5. The van der Waals surface area contributed by atoms with Gasteiger partial charge < -0.3 is 15.2 Å². The maximum atomic E-state index is 11.9. The smallest absolute Gasteiger partial charge is 0.320 e. The molecular weight excluding hydrogens is 300 g/mol. The number of amides is 2. The van der Waals surface area contributed by atoms with Crippen LogP contribution in [0.1, 0.15) is 24.9 Å². The van der Waals surface area contributed by atoms with E-state index in [1.165, 1.54) is 0 Å². The van der Waals surface area contributed by atoms with Gasteiger partial charge >= 0.3 is 6.03 Å². The van der Waals surface area contributed by atoms with Crippen LogP contribution in [-0.4, -0.2) is 28.8 Å². The Kier molecular flexibility index (Phi) is 2.29. The van der Waals surface area contributed by atoms with Crippen molar-refractivity contribution in [2.24, 2.45) is 0 Å². The maximum absolute atomic E-state index is 11.9. The Morgan fingerprint density at radius 1 is 1.61 bits per heavy atom. The topological polar surface area (TPSA) is 61.8 Å². The fourth-order valence-electron chi connectivity index (χ4n) is 2.51. The molecule has 18 heavy (non-hydrogen) atoms. The SMILES string of the molecule is CN1C(=O)NC2CC1(C)Oc1c(Br)cc(O)cc12. The zero-order chi connectivity index (χ0) is 13.1. The summed E-state index contributed by atoms with van der Waals surface area (Å²) in [7, 11) is 1.71. The molecular formula is C12H13BrN2O3. The van der Waals surface area contributed by atoms with E-state index in [0.717, 1.165) is 5.56 Å². The second-order valence-corrected chi connectivity index (χ2v) is 5.74. The Morgan fingerprint density at radius 3 is 3.06 bits per heavy atom. The first-order chi connectivity index (χ1) is 8.40. The molecule has 96 valence electrons. The van der Waals surface area contributed by atoms with Crippen molar-refractivity contribution in [1.82, 2.24) is 10.2 Å². The molecule has 0 aliphatic carbocycles. The number of phenolic OH excluding ortho intramolecular Hbond substituents is 1. The van der Waals surface area contributed by atoms with Gasteiger partial charge in [-0.05, 0) is 35.0 Å². The van der Waals surface area contributed by atoms with E-state index in [9.17, 15) is 9.90 Å². The molecule has 5 nitrogen and oxygen atoms in total. The average molecular weight is 313 g/mol. The Balaban J connectivity index is 2.17. The lowest BCUT2D eigenvalue weighted by Crippen LogP contribution is -2.63. The summed E-state index contributed by atoms with van der Waals surface area (Å²) in [4.78, 5) is 13.4. The van der Waals surface area contributed by atoms with Crippen LogP contribution in [0.4, 0.5) is 4.79 Å². The summed E-state index contributed by atoms with van der Waals surface area (Å²) in [6, 6.07) is 2.92. The van der Waals surface area contributed by atoms with E-state index in [4.69, 9.17) is 4.74 Å². The van der Waals surface area contributed by atoms with Crippen molar-refractivity contribution in [3.63, 3.8) is 0 Å². The molecule has 0 aromatic heterocycles. The molecule has 3 rings (SSSR count). The van der Waals surface area contributed by atoms with Gasteiger partial charge in [0, 0.05) is 19.0 Å². The summed E-state index contributed by atoms with van der Waals surface area (Å²) in [5.74, 6) is 0.833. The summed E-state index contributed by atoms with van der Waals surface area (Å²) in [5.41, 5.74) is 0.153. The fraction of sp³-hybridized carbons (Fsp3) is 0.417. The summed E-state index contributed by atoms with van der Waals surface area (Å²) >= 11 is 3.38. The minimum atomic E-state index is -0.653. The number of benzene rings is 1. The van der Waals surface area contributed by atoms with Gasteiger partial charge in [-0.2, -0.15) is 0 Å². The quantitative estimate of drug-likeness (QED) is 0.773. The van der Waals surface area contributed by atoms with Crippen molar-refractivity contribution >= 4 is 22.0 Å². The number of hydrogen-bond donors (Lipinski definition) is 2. The lowest BCUT2D eigenvalue weighted by atomic mass is 9.91. The van der Waals surface area contributed by atoms with Crippen LogP contribution in [0.15, 0.2) is 16.6 Å². The predicted octanol–water partition coefficient (Wildman–Crippen LogP) is 2.35. The van der Waals surface area contributed by atoms with E-state index in [1.54, 1.807) is 24.1 Å². The number of carbonyl (C=O) groups is 1. The number of rotatable bonds is 0. The number of halogens is 1. The van der Waals surface area contributed by atoms with Gasteiger partial charge in [-0.3, -0.25) is 4.90 Å². The largest absolute Gasteiger partial charge is 0.508 e. The molecule has 2 atom stereocenters. The fourth-order valence-corrected chi connectivity index (χ4v) is 3.06. The summed E-state index contributed by atoms with van der Waals surface area (Å²) in [6.45, 7) is 1.89. The highest BCUT2D eigenvalue weighted by atomic mass is 79.9. The number of urea groups is 1. The molecule has 0 spiro atoms. The van der Waals surface area contributed by atoms with E-state index < -0.39 is 5.72 Å². The van der Waals surface area contributed by atoms with Crippen LogP contribution in [0.5, 0.6) is 11.5 Å². The van der Waals surface area contributed by atoms with Crippen molar-refractivity contribution in [2.45, 2.75) is 25.1 Å². The Hall–Kier alpha value is -1.43. The number of fused-ring (bicyclic) bond motifs is 4. The van der Waals surface area contributed by atoms with E-state index in [1.807, 2.05) is 6.92 Å². The molecule has 6 heteroatoms. The molecule has 1 fully saturated rings. The number of hydrogen-bond acceptors (Lipinski definition) is 3. The Morgan fingerprint density at radius 2 is 2.33 bits per heavy atom. The number of aromatic hydroxyl groups is 1. The van der Waals surface area contributed by atoms with Crippen molar-refractivity contribution in [1.29, 1.82) is 0 Å². The zero-order valence-corrected chi connectivity index (χ0v) is 11.6. The lowest BCUT2D eigenvalue weighted by Gasteiger charge is -2.49. The third-order valence-electron chi connectivity index (χ3n) is 3.65. The van der Waals surface area contributed by atoms with E-state index in [-0.39, 0.29) is 17.8 Å². The minimum Gasteiger partial charge on any atom is -0.508 e. The molecule has 1 aromatic carbocycles. The normalized spacial score (nSPS) is 29.4. The first-order valence-corrected chi connectivity index (χ1v) is 6.46. The molecule has 1 saturated heterocycles. The zero-order valence-electron chi connectivity index (χ0n) is 10.0. The first-order valence-electron chi connectivity index (χ1n) is 5.66. The summed E-state index contributed by atoms with van der Waals surface area (Å²) < 4.78 is 6.66. The highest BCUT2D eigenvalue weighted by Crippen LogP contribution is 2.47. The predicted molar refractivity (Wildman–Crippen MR) is 68.5 cm³/mol. The van der Waals surface area contributed by atoms with E-state index in [0.29, 0.717) is 16.6 Å². The monoisotopic (exact) mass is 312 g/mol. The second kappa shape index (κ2) is 3.54. The second-order valence-electron chi connectivity index (χ2n) is 4.89. The van der Waals surface area contributed by atoms with E-state index >= 15 is 0 Å². The van der Waals surface area contributed by atoms with Crippen molar-refractivity contribution in [2.75, 3.05) is 7.05 Å². The van der Waals surface area contributed by atoms with Gasteiger partial charge in [-0.25, -0.2) is 4.79 Å². The molecule has 2 unspecified atom stereocenters. The summed E-state index contributed by atoms with van der Waals surface area (Å²) in [6.07, 6.45) is 0.651. The van der Waals surface area contributed by atoms with Crippen molar-refractivity contribution in [3.05, 3.63) is 22.2 Å². The van der Waals surface area contributed by atoms with Gasteiger partial charge in [0.1, 0.15) is 11.5 Å². The highest BCUT2D eigenvalue weighted by molar-refractivity contribution is 9.10. The molecule has 2 aliphatic heterocycles. The third kappa shape index (κ3) is 1.48. The molecule has 2 bridgehead atoms. The molecule has 2 heterocycles. The van der Waals surface area contributed by atoms with Crippen LogP contribution < -0.4 is 10.1 Å². The molecule has 2 aliphatic rings. The number of carbonyl (C=O) groups excluding carboxylic acids is 1. The highest BCUT2D eigenvalue weighted by Gasteiger charge is 2.48. The number of ether oxygens (including phenoxy) is 1. The maximum Gasteiger partial charge on any atom is 0.320 e. The first kappa shape index (κ1) is 11.6. The van der Waals surface area contributed by atoms with Crippen LogP contribution in [0, 0.1) is 0 Å². The van der Waals surface area contributed by atoms with Gasteiger partial charge in [-0.15, -0.1) is 0 Å². The lowest BCUT2D eigenvalue weighted by molar-refractivity contribution is -0.0725. The standard InChI is InChI=1S/C12H13BrN2O3/c1-12-5-9(14-11(17)15(12)2)7-3-6(16)4-8(13)10(7)18-12/h3-4,9,16H,5H2,1-2H3,(H,14,17). The molecule has 1 aromatic rings. The van der Waals surface area contributed by atoms with Crippen molar-refractivity contribution in [3.8, 4) is 11.5 Å². The van der Waals surface area contributed by atoms with Crippen LogP contribution in [0.25, 0.3) is 0 Å². The number of nitrogens with zero attached hydrogens (tertiary/aromatic N) is 1. The molecule has 0 saturated carbocycles. The van der Waals surface area contributed by atoms with Crippen LogP contribution in [-0.2, 0) is 0 Å². The van der Waals surface area contributed by atoms with Crippen LogP contribution in [0.3, 0.4) is 0 Å². The van der Waals surface area contributed by atoms with Gasteiger partial charge in [-0.1, -0.05) is 0 Å². The minimum absolute atomic E-state index is 0.133. The van der Waals surface area contributed by atoms with Crippen LogP contribution in [0.2, 0.25) is 0 Å². The van der Waals surface area contributed by atoms with Gasteiger partial charge in [0.05, 0.1) is 10.5 Å². The third-order valence-corrected chi connectivity index (χ3v) is 4.24. The van der Waals surface area contributed by atoms with E-state index in [2.05, 4.69) is 21.2 Å². The van der Waals surface area contributed by atoms with Gasteiger partial charge in [0.15, 0.2) is 5.72 Å². The van der Waals surface area contributed by atoms with Gasteiger partial charge in [0.2, 0.25) is 0 Å². The van der Waals surface area contributed by atoms with Crippen molar-refractivity contribution < 1.29 is 14.6 Å². The molecule has 2 amide bonds. The number of nitrogens with one attached hydrogen (secondary N) is 1. The average Bonchev–Trinajstić information content (AvgIpc) is 2.28. The van der Waals surface area contributed by atoms with Gasteiger partial charge in [0.25, 0.3) is 0 Å². The Labute approximate surface area is 113 Å².